The molecule has 3 aromatic rings. The SMILES string of the molecule is CCOC(=O)CCn1c(=NC(=O)c2ccc(C(=O)OC)cc2)sc2ccccc21. The van der Waals surface area contributed by atoms with Gasteiger partial charge in [0, 0.05) is 12.1 Å². The summed E-state index contributed by atoms with van der Waals surface area (Å²) >= 11 is 1.37. The molecule has 1 aromatic heterocycles. The number of ether oxygens (including phenoxy) is 2. The van der Waals surface area contributed by atoms with Gasteiger partial charge >= 0.3 is 11.9 Å². The smallest absolute Gasteiger partial charge is 0.337 e. The van der Waals surface area contributed by atoms with Crippen molar-refractivity contribution < 1.29 is 23.9 Å². The van der Waals surface area contributed by atoms with Gasteiger partial charge in [-0.05, 0) is 43.3 Å². The van der Waals surface area contributed by atoms with Crippen molar-refractivity contribution in [3.63, 3.8) is 0 Å². The highest BCUT2D eigenvalue weighted by Crippen LogP contribution is 2.17. The van der Waals surface area contributed by atoms with Crippen LogP contribution in [-0.4, -0.2) is 36.1 Å². The first-order valence-electron chi connectivity index (χ1n) is 9.05. The molecule has 0 N–H and O–H groups in total. The van der Waals surface area contributed by atoms with Crippen molar-refractivity contribution in [1.82, 2.24) is 4.57 Å². The average Bonchev–Trinajstić information content (AvgIpc) is 3.08. The number of aryl methyl sites for hydroxylation is 1. The fourth-order valence-corrected chi connectivity index (χ4v) is 3.83. The summed E-state index contributed by atoms with van der Waals surface area (Å²) in [6, 6.07) is 13.8. The molecule has 0 atom stereocenters. The Morgan fingerprint density at radius 2 is 1.72 bits per heavy atom. The van der Waals surface area contributed by atoms with E-state index < -0.39 is 11.9 Å². The number of methoxy groups -OCH3 is 1. The first-order chi connectivity index (χ1) is 14.0. The molecule has 0 spiro atoms. The van der Waals surface area contributed by atoms with Crippen LogP contribution in [0.25, 0.3) is 10.2 Å². The van der Waals surface area contributed by atoms with Crippen LogP contribution in [0, 0.1) is 0 Å². The molecule has 1 heterocycles. The van der Waals surface area contributed by atoms with E-state index in [4.69, 9.17) is 4.74 Å². The number of aromatic nitrogens is 1. The first kappa shape index (κ1) is 20.5. The van der Waals surface area contributed by atoms with Crippen LogP contribution in [0.4, 0.5) is 0 Å². The standard InChI is InChI=1S/C21H20N2O5S/c1-3-28-18(24)12-13-23-16-6-4-5-7-17(16)29-21(23)22-19(25)14-8-10-15(11-9-14)20(26)27-2/h4-11H,3,12-13H2,1-2H3. The van der Waals surface area contributed by atoms with Crippen LogP contribution in [0.2, 0.25) is 0 Å². The van der Waals surface area contributed by atoms with Crippen molar-refractivity contribution in [2.75, 3.05) is 13.7 Å². The van der Waals surface area contributed by atoms with Gasteiger partial charge in [-0.2, -0.15) is 4.99 Å². The van der Waals surface area contributed by atoms with Gasteiger partial charge in [0.1, 0.15) is 0 Å². The molecule has 0 unspecified atom stereocenters. The van der Waals surface area contributed by atoms with E-state index in [9.17, 15) is 14.4 Å². The second-order valence-corrected chi connectivity index (χ2v) is 7.05. The number of benzene rings is 2. The number of nitrogens with zero attached hydrogens (tertiary/aromatic N) is 2. The number of amides is 1. The molecule has 3 rings (SSSR count). The molecule has 8 heteroatoms. The molecule has 0 saturated carbocycles. The molecule has 0 aliphatic rings. The maximum Gasteiger partial charge on any atom is 0.337 e. The Labute approximate surface area is 171 Å². The van der Waals surface area contributed by atoms with Crippen molar-refractivity contribution in [2.45, 2.75) is 19.9 Å². The second kappa shape index (κ2) is 9.29. The maximum atomic E-state index is 12.7. The molecule has 0 aliphatic heterocycles. The fraction of sp³-hybridized carbons (Fsp3) is 0.238. The molecule has 150 valence electrons. The van der Waals surface area contributed by atoms with E-state index in [2.05, 4.69) is 9.73 Å². The van der Waals surface area contributed by atoms with E-state index in [0.717, 1.165) is 10.2 Å². The number of thiazole rings is 1. The lowest BCUT2D eigenvalue weighted by Crippen LogP contribution is -2.19. The van der Waals surface area contributed by atoms with E-state index >= 15 is 0 Å². The van der Waals surface area contributed by atoms with Crippen LogP contribution in [0.15, 0.2) is 53.5 Å². The van der Waals surface area contributed by atoms with Crippen LogP contribution < -0.4 is 4.80 Å². The highest BCUT2D eigenvalue weighted by atomic mass is 32.1. The third-order valence-corrected chi connectivity index (χ3v) is 5.24. The van der Waals surface area contributed by atoms with Gasteiger partial charge in [-0.3, -0.25) is 9.59 Å². The summed E-state index contributed by atoms with van der Waals surface area (Å²) in [5.41, 5.74) is 1.61. The summed E-state index contributed by atoms with van der Waals surface area (Å²) in [5.74, 6) is -1.20. The van der Waals surface area contributed by atoms with Gasteiger partial charge in [-0.1, -0.05) is 23.5 Å². The molecule has 0 aliphatic carbocycles. The Balaban J connectivity index is 1.94. The molecule has 1 amide bonds. The lowest BCUT2D eigenvalue weighted by molar-refractivity contribution is -0.143. The highest BCUT2D eigenvalue weighted by molar-refractivity contribution is 7.16. The van der Waals surface area contributed by atoms with E-state index in [1.807, 2.05) is 28.8 Å². The molecular weight excluding hydrogens is 392 g/mol. The maximum absolute atomic E-state index is 12.7. The lowest BCUT2D eigenvalue weighted by Gasteiger charge is -2.05. The van der Waals surface area contributed by atoms with E-state index in [0.29, 0.717) is 29.1 Å². The zero-order valence-electron chi connectivity index (χ0n) is 16.1. The summed E-state index contributed by atoms with van der Waals surface area (Å²) in [6.07, 6.45) is 0.184. The van der Waals surface area contributed by atoms with Gasteiger partial charge in [-0.25, -0.2) is 4.79 Å². The predicted molar refractivity (Wildman–Crippen MR) is 109 cm³/mol. The number of carbonyl (C=O) groups excluding carboxylic acids is 3. The lowest BCUT2D eigenvalue weighted by atomic mass is 10.1. The third-order valence-electron chi connectivity index (χ3n) is 4.18. The minimum absolute atomic E-state index is 0.184. The molecule has 0 saturated heterocycles. The molecule has 29 heavy (non-hydrogen) atoms. The predicted octanol–water partition coefficient (Wildman–Crippen LogP) is 3.18. The van der Waals surface area contributed by atoms with Crippen molar-refractivity contribution in [2.24, 2.45) is 4.99 Å². The van der Waals surface area contributed by atoms with Gasteiger partial charge in [-0.15, -0.1) is 0 Å². The number of fused-ring (bicyclic) bond motifs is 1. The van der Waals surface area contributed by atoms with Gasteiger partial charge in [0.2, 0.25) is 0 Å². The summed E-state index contributed by atoms with van der Waals surface area (Å²) in [7, 11) is 1.30. The van der Waals surface area contributed by atoms with Crippen LogP contribution in [0.1, 0.15) is 34.1 Å². The fourth-order valence-electron chi connectivity index (χ4n) is 2.78. The summed E-state index contributed by atoms with van der Waals surface area (Å²) in [6.45, 7) is 2.44. The molecule has 7 nitrogen and oxygen atoms in total. The number of para-hydroxylation sites is 1. The van der Waals surface area contributed by atoms with Crippen LogP contribution in [0.3, 0.4) is 0 Å². The number of esters is 2. The zero-order valence-corrected chi connectivity index (χ0v) is 16.9. The quantitative estimate of drug-likeness (QED) is 0.581. The van der Waals surface area contributed by atoms with E-state index in [1.54, 1.807) is 6.92 Å². The number of rotatable bonds is 6. The molecular formula is C21H20N2O5S. The average molecular weight is 412 g/mol. The van der Waals surface area contributed by atoms with Crippen molar-refractivity contribution in [1.29, 1.82) is 0 Å². The monoisotopic (exact) mass is 412 g/mol. The van der Waals surface area contributed by atoms with E-state index in [-0.39, 0.29) is 12.4 Å². The third kappa shape index (κ3) is 4.78. The Kier molecular flexibility index (Phi) is 6.56. The Bertz CT molecular complexity index is 1110. The summed E-state index contributed by atoms with van der Waals surface area (Å²) < 4.78 is 12.5. The Morgan fingerprint density at radius 3 is 2.41 bits per heavy atom. The Morgan fingerprint density at radius 1 is 1.03 bits per heavy atom. The molecule has 2 aromatic carbocycles. The summed E-state index contributed by atoms with van der Waals surface area (Å²) in [4.78, 5) is 40.7. The molecule has 0 radical (unpaired) electrons. The van der Waals surface area contributed by atoms with Gasteiger partial charge < -0.3 is 14.0 Å². The normalized spacial score (nSPS) is 11.4. The van der Waals surface area contributed by atoms with Crippen LogP contribution in [0.5, 0.6) is 0 Å². The van der Waals surface area contributed by atoms with E-state index in [1.165, 1.54) is 42.7 Å². The topological polar surface area (TPSA) is 87.0 Å². The minimum Gasteiger partial charge on any atom is -0.466 e. The van der Waals surface area contributed by atoms with Crippen molar-refractivity contribution >= 4 is 39.4 Å². The minimum atomic E-state index is -0.470. The van der Waals surface area contributed by atoms with Crippen LogP contribution >= 0.6 is 11.3 Å². The van der Waals surface area contributed by atoms with Crippen LogP contribution in [-0.2, 0) is 20.8 Å². The van der Waals surface area contributed by atoms with Crippen molar-refractivity contribution in [3.05, 3.63) is 64.5 Å². The first-order valence-corrected chi connectivity index (χ1v) is 9.86. The molecule has 0 bridgehead atoms. The van der Waals surface area contributed by atoms with Gasteiger partial charge in [0.05, 0.1) is 35.9 Å². The Hall–Kier alpha value is -3.26. The van der Waals surface area contributed by atoms with Gasteiger partial charge in [0.15, 0.2) is 4.80 Å². The molecule has 0 fully saturated rings. The van der Waals surface area contributed by atoms with Crippen molar-refractivity contribution in [3.8, 4) is 0 Å². The van der Waals surface area contributed by atoms with Gasteiger partial charge in [0.25, 0.3) is 5.91 Å². The zero-order chi connectivity index (χ0) is 20.8. The highest BCUT2D eigenvalue weighted by Gasteiger charge is 2.12. The number of hydrogen-bond donors (Lipinski definition) is 0. The second-order valence-electron chi connectivity index (χ2n) is 6.04. The number of carbonyl (C=O) groups is 3. The summed E-state index contributed by atoms with van der Waals surface area (Å²) in [5, 5.41) is 0. The number of hydrogen-bond acceptors (Lipinski definition) is 6. The largest absolute Gasteiger partial charge is 0.466 e.